The Morgan fingerprint density at radius 1 is 1.00 bits per heavy atom. The molecule has 0 saturated heterocycles. The molecule has 1 aliphatic heterocycles. The van der Waals surface area contributed by atoms with Crippen molar-refractivity contribution in [2.75, 3.05) is 5.43 Å². The lowest BCUT2D eigenvalue weighted by molar-refractivity contribution is 0.756. The van der Waals surface area contributed by atoms with Crippen molar-refractivity contribution in [3.8, 4) is 0 Å². The molecule has 2 heterocycles. The summed E-state index contributed by atoms with van der Waals surface area (Å²) in [6, 6.07) is 15.7. The van der Waals surface area contributed by atoms with Crippen molar-refractivity contribution in [2.45, 2.75) is 13.0 Å². The number of rotatable bonds is 0. The number of fused-ring (bicyclic) bond motifs is 3. The maximum absolute atomic E-state index is 12.5. The number of benzene rings is 2. The van der Waals surface area contributed by atoms with E-state index in [0.29, 0.717) is 18.4 Å². The molecule has 0 saturated carbocycles. The predicted octanol–water partition coefficient (Wildman–Crippen LogP) is 2.04. The fraction of sp³-hybridized carbons (Fsp3) is 0.125. The van der Waals surface area contributed by atoms with Crippen molar-refractivity contribution >= 4 is 10.9 Å². The maximum atomic E-state index is 12.5. The summed E-state index contributed by atoms with van der Waals surface area (Å²) in [6.07, 6.45) is 0.670. The Labute approximate surface area is 115 Å². The van der Waals surface area contributed by atoms with Crippen LogP contribution in [0, 0.1) is 0 Å². The number of nitrogens with one attached hydrogen (secondary N) is 1. The zero-order valence-corrected chi connectivity index (χ0v) is 10.8. The van der Waals surface area contributed by atoms with Crippen LogP contribution < -0.4 is 11.0 Å². The zero-order chi connectivity index (χ0) is 13.5. The molecule has 2 aromatic carbocycles. The second-order valence-electron chi connectivity index (χ2n) is 4.97. The summed E-state index contributed by atoms with van der Waals surface area (Å²) in [5, 5.41) is 0.648. The number of para-hydroxylation sites is 1. The number of hydrogen-bond donors (Lipinski definition) is 1. The van der Waals surface area contributed by atoms with E-state index in [1.165, 1.54) is 11.1 Å². The summed E-state index contributed by atoms with van der Waals surface area (Å²) < 4.78 is 1.59. The Morgan fingerprint density at radius 2 is 1.75 bits per heavy atom. The molecule has 98 valence electrons. The highest BCUT2D eigenvalue weighted by Crippen LogP contribution is 2.17. The summed E-state index contributed by atoms with van der Waals surface area (Å²) in [5.41, 5.74) is 6.33. The molecule has 0 atom stereocenters. The second kappa shape index (κ2) is 4.20. The van der Waals surface area contributed by atoms with Crippen LogP contribution in [0.25, 0.3) is 10.9 Å². The first-order chi connectivity index (χ1) is 9.83. The summed E-state index contributed by atoms with van der Waals surface area (Å²) in [7, 11) is 0. The first-order valence-electron chi connectivity index (χ1n) is 6.64. The van der Waals surface area contributed by atoms with Crippen LogP contribution in [0.2, 0.25) is 0 Å². The van der Waals surface area contributed by atoms with Crippen molar-refractivity contribution < 1.29 is 0 Å². The Kier molecular flexibility index (Phi) is 2.36. The van der Waals surface area contributed by atoms with E-state index in [1.807, 2.05) is 36.4 Å². The van der Waals surface area contributed by atoms with Gasteiger partial charge in [0, 0.05) is 6.42 Å². The van der Waals surface area contributed by atoms with Crippen LogP contribution in [0.4, 0.5) is 0 Å². The van der Waals surface area contributed by atoms with Gasteiger partial charge in [-0.15, -0.1) is 0 Å². The molecule has 20 heavy (non-hydrogen) atoms. The number of aromatic nitrogens is 2. The molecule has 4 nitrogen and oxygen atoms in total. The molecule has 3 aromatic rings. The normalized spacial score (nSPS) is 13.2. The quantitative estimate of drug-likeness (QED) is 0.675. The van der Waals surface area contributed by atoms with Crippen molar-refractivity contribution in [1.82, 2.24) is 9.66 Å². The van der Waals surface area contributed by atoms with Crippen LogP contribution in [-0.2, 0) is 13.0 Å². The van der Waals surface area contributed by atoms with Crippen molar-refractivity contribution in [3.63, 3.8) is 0 Å². The van der Waals surface area contributed by atoms with Crippen LogP contribution in [-0.4, -0.2) is 9.66 Å². The molecule has 0 radical (unpaired) electrons. The van der Waals surface area contributed by atoms with Crippen LogP contribution in [0.5, 0.6) is 0 Å². The van der Waals surface area contributed by atoms with E-state index in [2.05, 4.69) is 22.5 Å². The first kappa shape index (κ1) is 11.2. The molecule has 0 bridgehead atoms. The molecule has 1 N–H and O–H groups in total. The minimum absolute atomic E-state index is 0.0293. The van der Waals surface area contributed by atoms with Gasteiger partial charge in [0.25, 0.3) is 5.56 Å². The van der Waals surface area contributed by atoms with Gasteiger partial charge >= 0.3 is 0 Å². The average molecular weight is 263 g/mol. The minimum atomic E-state index is -0.0293. The smallest absolute Gasteiger partial charge is 0.279 e. The van der Waals surface area contributed by atoms with E-state index in [1.54, 1.807) is 4.68 Å². The highest BCUT2D eigenvalue weighted by molar-refractivity contribution is 5.77. The third-order valence-corrected chi connectivity index (χ3v) is 3.74. The molecular formula is C16H13N3O. The van der Waals surface area contributed by atoms with Gasteiger partial charge in [0.15, 0.2) is 0 Å². The monoisotopic (exact) mass is 263 g/mol. The van der Waals surface area contributed by atoms with Gasteiger partial charge in [-0.25, -0.2) is 9.66 Å². The van der Waals surface area contributed by atoms with E-state index in [-0.39, 0.29) is 5.56 Å². The van der Waals surface area contributed by atoms with Gasteiger partial charge in [0.1, 0.15) is 5.82 Å². The SMILES string of the molecule is O=c1c2ccccc2nc2n1NCc1ccccc1C2. The molecular weight excluding hydrogens is 250 g/mol. The number of nitrogens with zero attached hydrogens (tertiary/aromatic N) is 2. The summed E-state index contributed by atoms with van der Waals surface area (Å²) in [4.78, 5) is 17.2. The zero-order valence-electron chi connectivity index (χ0n) is 10.8. The molecule has 4 heteroatoms. The van der Waals surface area contributed by atoms with Crippen LogP contribution >= 0.6 is 0 Å². The van der Waals surface area contributed by atoms with E-state index in [4.69, 9.17) is 0 Å². The lowest BCUT2D eigenvalue weighted by Gasteiger charge is -2.11. The largest absolute Gasteiger partial charge is 0.317 e. The fourth-order valence-corrected chi connectivity index (χ4v) is 2.70. The average Bonchev–Trinajstić information content (AvgIpc) is 2.66. The molecule has 0 fully saturated rings. The summed E-state index contributed by atoms with van der Waals surface area (Å²) >= 11 is 0. The molecule has 1 aromatic heterocycles. The van der Waals surface area contributed by atoms with Gasteiger partial charge in [0.2, 0.25) is 0 Å². The Morgan fingerprint density at radius 3 is 2.65 bits per heavy atom. The molecule has 0 amide bonds. The minimum Gasteiger partial charge on any atom is -0.317 e. The standard InChI is InChI=1S/C16H13N3O/c20-16-13-7-3-4-8-14(13)18-15-9-11-5-1-2-6-12(11)10-17-19(15)16/h1-8,17H,9-10H2. The lowest BCUT2D eigenvalue weighted by Crippen LogP contribution is -2.31. The fourth-order valence-electron chi connectivity index (χ4n) is 2.70. The van der Waals surface area contributed by atoms with E-state index in [0.717, 1.165) is 11.3 Å². The molecule has 4 rings (SSSR count). The molecule has 0 spiro atoms. The third-order valence-electron chi connectivity index (χ3n) is 3.74. The molecule has 0 unspecified atom stereocenters. The predicted molar refractivity (Wildman–Crippen MR) is 78.3 cm³/mol. The second-order valence-corrected chi connectivity index (χ2v) is 4.97. The third kappa shape index (κ3) is 1.61. The Hall–Kier alpha value is -2.62. The van der Waals surface area contributed by atoms with E-state index < -0.39 is 0 Å². The van der Waals surface area contributed by atoms with Gasteiger partial charge in [0.05, 0.1) is 17.4 Å². The van der Waals surface area contributed by atoms with Gasteiger partial charge in [-0.2, -0.15) is 0 Å². The molecule has 0 aliphatic carbocycles. The van der Waals surface area contributed by atoms with Crippen molar-refractivity contribution in [1.29, 1.82) is 0 Å². The lowest BCUT2D eigenvalue weighted by atomic mass is 10.0. The van der Waals surface area contributed by atoms with Gasteiger partial charge in [-0.05, 0) is 23.3 Å². The van der Waals surface area contributed by atoms with Crippen LogP contribution in [0.15, 0.2) is 53.3 Å². The highest BCUT2D eigenvalue weighted by atomic mass is 16.1. The topological polar surface area (TPSA) is 46.9 Å². The van der Waals surface area contributed by atoms with Crippen LogP contribution in [0.1, 0.15) is 17.0 Å². The highest BCUT2D eigenvalue weighted by Gasteiger charge is 2.16. The summed E-state index contributed by atoms with van der Waals surface area (Å²) in [6.45, 7) is 0.642. The Bertz CT molecular complexity index is 867. The first-order valence-corrected chi connectivity index (χ1v) is 6.64. The van der Waals surface area contributed by atoms with Crippen molar-refractivity contribution in [2.24, 2.45) is 0 Å². The van der Waals surface area contributed by atoms with Gasteiger partial charge < -0.3 is 5.43 Å². The van der Waals surface area contributed by atoms with Gasteiger partial charge in [-0.1, -0.05) is 36.4 Å². The van der Waals surface area contributed by atoms with Crippen LogP contribution in [0.3, 0.4) is 0 Å². The maximum Gasteiger partial charge on any atom is 0.279 e. The number of hydrogen-bond acceptors (Lipinski definition) is 3. The molecule has 1 aliphatic rings. The summed E-state index contributed by atoms with van der Waals surface area (Å²) in [5.74, 6) is 0.763. The van der Waals surface area contributed by atoms with E-state index >= 15 is 0 Å². The Balaban J connectivity index is 1.98. The van der Waals surface area contributed by atoms with Crippen molar-refractivity contribution in [3.05, 3.63) is 75.8 Å². The van der Waals surface area contributed by atoms with E-state index in [9.17, 15) is 4.79 Å². The van der Waals surface area contributed by atoms with Gasteiger partial charge in [-0.3, -0.25) is 4.79 Å².